The first-order valence-corrected chi connectivity index (χ1v) is 9.63. The third-order valence-corrected chi connectivity index (χ3v) is 4.49. The summed E-state index contributed by atoms with van der Waals surface area (Å²) in [5.74, 6) is 1.94. The molecule has 2 N–H and O–H groups in total. The third-order valence-electron chi connectivity index (χ3n) is 4.49. The topological polar surface area (TPSA) is 66.0 Å². The van der Waals surface area contributed by atoms with E-state index in [0.717, 1.165) is 57.2 Å². The molecule has 0 saturated carbocycles. The second-order valence-corrected chi connectivity index (χ2v) is 6.57. The molecule has 1 atom stereocenters. The predicted octanol–water partition coefficient (Wildman–Crippen LogP) is 2.19. The molecular formula is C20H32N4O2. The summed E-state index contributed by atoms with van der Waals surface area (Å²) in [6.45, 7) is 7.13. The fraction of sp³-hybridized carbons (Fsp3) is 0.600. The zero-order valence-electron chi connectivity index (χ0n) is 16.3. The Kier molecular flexibility index (Phi) is 8.25. The maximum Gasteiger partial charge on any atom is 0.222 e. The van der Waals surface area contributed by atoms with Crippen LogP contribution in [-0.2, 0) is 11.2 Å². The molecule has 0 aromatic heterocycles. The SMILES string of the molecule is CCCOc1cccc(CCNC(=NC)NC2CCN(C(=O)CC)C2)c1. The average Bonchev–Trinajstić information content (AvgIpc) is 3.13. The fourth-order valence-corrected chi connectivity index (χ4v) is 3.05. The minimum absolute atomic E-state index is 0.224. The maximum absolute atomic E-state index is 11.8. The number of benzene rings is 1. The van der Waals surface area contributed by atoms with E-state index in [2.05, 4.69) is 34.7 Å². The number of nitrogens with zero attached hydrogens (tertiary/aromatic N) is 2. The van der Waals surface area contributed by atoms with Crippen LogP contribution in [0.3, 0.4) is 0 Å². The normalized spacial score (nSPS) is 17.3. The van der Waals surface area contributed by atoms with Crippen molar-refractivity contribution in [3.8, 4) is 5.75 Å². The molecule has 1 fully saturated rings. The second kappa shape index (κ2) is 10.7. The molecule has 0 bridgehead atoms. The van der Waals surface area contributed by atoms with Crippen molar-refractivity contribution in [1.29, 1.82) is 0 Å². The van der Waals surface area contributed by atoms with Crippen molar-refractivity contribution in [3.05, 3.63) is 29.8 Å². The molecule has 0 spiro atoms. The Morgan fingerprint density at radius 1 is 1.38 bits per heavy atom. The van der Waals surface area contributed by atoms with Crippen LogP contribution in [0.25, 0.3) is 0 Å². The quantitative estimate of drug-likeness (QED) is 0.551. The molecule has 6 heteroatoms. The van der Waals surface area contributed by atoms with Gasteiger partial charge in [-0.1, -0.05) is 26.0 Å². The molecule has 0 aliphatic carbocycles. The average molecular weight is 361 g/mol. The Morgan fingerprint density at radius 2 is 2.23 bits per heavy atom. The number of hydrogen-bond acceptors (Lipinski definition) is 3. The molecule has 26 heavy (non-hydrogen) atoms. The highest BCUT2D eigenvalue weighted by molar-refractivity contribution is 5.80. The van der Waals surface area contributed by atoms with E-state index in [4.69, 9.17) is 4.74 Å². The van der Waals surface area contributed by atoms with Gasteiger partial charge in [-0.2, -0.15) is 0 Å². The van der Waals surface area contributed by atoms with Gasteiger partial charge in [0.15, 0.2) is 5.96 Å². The van der Waals surface area contributed by atoms with Gasteiger partial charge in [0, 0.05) is 39.1 Å². The Labute approximate surface area is 157 Å². The molecular weight excluding hydrogens is 328 g/mol. The van der Waals surface area contributed by atoms with Crippen LogP contribution in [0.4, 0.5) is 0 Å². The number of guanidine groups is 1. The lowest BCUT2D eigenvalue weighted by Crippen LogP contribution is -2.45. The van der Waals surface area contributed by atoms with Gasteiger partial charge >= 0.3 is 0 Å². The van der Waals surface area contributed by atoms with Gasteiger partial charge in [-0.05, 0) is 37.0 Å². The summed E-state index contributed by atoms with van der Waals surface area (Å²) in [5.41, 5.74) is 1.24. The van der Waals surface area contributed by atoms with Crippen molar-refractivity contribution in [1.82, 2.24) is 15.5 Å². The molecule has 6 nitrogen and oxygen atoms in total. The molecule has 0 radical (unpaired) electrons. The summed E-state index contributed by atoms with van der Waals surface area (Å²) >= 11 is 0. The van der Waals surface area contributed by atoms with Crippen LogP contribution in [0.2, 0.25) is 0 Å². The van der Waals surface area contributed by atoms with E-state index in [1.54, 1.807) is 7.05 Å². The van der Waals surface area contributed by atoms with Crippen molar-refractivity contribution in [2.45, 2.75) is 45.6 Å². The van der Waals surface area contributed by atoms with Crippen LogP contribution in [-0.4, -0.2) is 56.1 Å². The van der Waals surface area contributed by atoms with E-state index in [9.17, 15) is 4.79 Å². The molecule has 1 heterocycles. The maximum atomic E-state index is 11.8. The van der Waals surface area contributed by atoms with E-state index < -0.39 is 0 Å². The smallest absolute Gasteiger partial charge is 0.222 e. The van der Waals surface area contributed by atoms with Gasteiger partial charge in [0.05, 0.1) is 6.61 Å². The monoisotopic (exact) mass is 360 g/mol. The summed E-state index contributed by atoms with van der Waals surface area (Å²) in [4.78, 5) is 18.0. The second-order valence-electron chi connectivity index (χ2n) is 6.57. The minimum Gasteiger partial charge on any atom is -0.494 e. The number of hydrogen-bond donors (Lipinski definition) is 2. The number of carbonyl (C=O) groups excluding carboxylic acids is 1. The summed E-state index contributed by atoms with van der Waals surface area (Å²) < 4.78 is 5.68. The van der Waals surface area contributed by atoms with Crippen molar-refractivity contribution in [2.24, 2.45) is 4.99 Å². The first-order valence-electron chi connectivity index (χ1n) is 9.63. The van der Waals surface area contributed by atoms with Crippen molar-refractivity contribution >= 4 is 11.9 Å². The lowest BCUT2D eigenvalue weighted by molar-refractivity contribution is -0.129. The minimum atomic E-state index is 0.224. The molecule has 1 saturated heterocycles. The van der Waals surface area contributed by atoms with Crippen molar-refractivity contribution in [3.63, 3.8) is 0 Å². The van der Waals surface area contributed by atoms with Gasteiger partial charge in [-0.25, -0.2) is 0 Å². The lowest BCUT2D eigenvalue weighted by atomic mass is 10.1. The number of amides is 1. The summed E-state index contributed by atoms with van der Waals surface area (Å²) in [5, 5.41) is 6.78. The number of likely N-dealkylation sites (tertiary alicyclic amines) is 1. The highest BCUT2D eigenvalue weighted by Crippen LogP contribution is 2.14. The van der Waals surface area contributed by atoms with Gasteiger partial charge in [-0.15, -0.1) is 0 Å². The van der Waals surface area contributed by atoms with Gasteiger partial charge < -0.3 is 20.3 Å². The van der Waals surface area contributed by atoms with Gasteiger partial charge in [0.2, 0.25) is 5.91 Å². The van der Waals surface area contributed by atoms with Crippen LogP contribution in [0, 0.1) is 0 Å². The van der Waals surface area contributed by atoms with Crippen LogP contribution in [0.1, 0.15) is 38.7 Å². The summed E-state index contributed by atoms with van der Waals surface area (Å²) in [7, 11) is 1.78. The van der Waals surface area contributed by atoms with Crippen LogP contribution >= 0.6 is 0 Å². The third kappa shape index (κ3) is 6.24. The van der Waals surface area contributed by atoms with E-state index in [1.165, 1.54) is 5.56 Å². The fourth-order valence-electron chi connectivity index (χ4n) is 3.05. The molecule has 1 aliphatic rings. The molecule has 1 aromatic rings. The Hall–Kier alpha value is -2.24. The van der Waals surface area contributed by atoms with E-state index in [1.807, 2.05) is 24.0 Å². The predicted molar refractivity (Wildman–Crippen MR) is 106 cm³/mol. The summed E-state index contributed by atoms with van der Waals surface area (Å²) in [6, 6.07) is 8.50. The molecule has 2 rings (SSSR count). The largest absolute Gasteiger partial charge is 0.494 e. The molecule has 1 unspecified atom stereocenters. The number of aliphatic imine (C=N–C) groups is 1. The van der Waals surface area contributed by atoms with Crippen molar-refractivity contribution in [2.75, 3.05) is 33.3 Å². The van der Waals surface area contributed by atoms with Gasteiger partial charge in [0.1, 0.15) is 5.75 Å². The first kappa shape index (κ1) is 20.1. The van der Waals surface area contributed by atoms with Crippen LogP contribution < -0.4 is 15.4 Å². The van der Waals surface area contributed by atoms with Gasteiger partial charge in [0.25, 0.3) is 0 Å². The number of ether oxygens (including phenoxy) is 1. The van der Waals surface area contributed by atoms with Crippen LogP contribution in [0.5, 0.6) is 5.75 Å². The molecule has 1 amide bonds. The molecule has 1 aromatic carbocycles. The van der Waals surface area contributed by atoms with E-state index in [0.29, 0.717) is 6.42 Å². The van der Waals surface area contributed by atoms with Crippen LogP contribution in [0.15, 0.2) is 29.3 Å². The standard InChI is InChI=1S/C20H32N4O2/c1-4-13-26-18-8-6-7-16(14-18)9-11-22-20(21-3)23-17-10-12-24(15-17)19(25)5-2/h6-8,14,17H,4-5,9-13,15H2,1-3H3,(H2,21,22,23). The number of carbonyl (C=O) groups is 1. The van der Waals surface area contributed by atoms with E-state index in [-0.39, 0.29) is 11.9 Å². The Morgan fingerprint density at radius 3 is 2.96 bits per heavy atom. The number of rotatable bonds is 8. The zero-order valence-corrected chi connectivity index (χ0v) is 16.3. The zero-order chi connectivity index (χ0) is 18.8. The summed E-state index contributed by atoms with van der Waals surface area (Å²) in [6.07, 6.45) is 3.44. The lowest BCUT2D eigenvalue weighted by Gasteiger charge is -2.18. The highest BCUT2D eigenvalue weighted by Gasteiger charge is 2.25. The molecule has 1 aliphatic heterocycles. The Bertz CT molecular complexity index is 603. The highest BCUT2D eigenvalue weighted by atomic mass is 16.5. The first-order chi connectivity index (χ1) is 12.7. The molecule has 144 valence electrons. The van der Waals surface area contributed by atoms with Crippen molar-refractivity contribution < 1.29 is 9.53 Å². The van der Waals surface area contributed by atoms with Gasteiger partial charge in [-0.3, -0.25) is 9.79 Å². The Balaban J connectivity index is 1.75. The van der Waals surface area contributed by atoms with E-state index >= 15 is 0 Å². The number of nitrogens with one attached hydrogen (secondary N) is 2.